The van der Waals surface area contributed by atoms with E-state index in [1.54, 1.807) is 48.5 Å². The third-order valence-electron chi connectivity index (χ3n) is 4.11. The lowest BCUT2D eigenvalue weighted by Crippen LogP contribution is -2.01. The number of phenols is 1. The fourth-order valence-electron chi connectivity index (χ4n) is 2.70. The monoisotopic (exact) mass is 381 g/mol. The van der Waals surface area contributed by atoms with Gasteiger partial charge in [-0.2, -0.15) is 0 Å². The van der Waals surface area contributed by atoms with E-state index in [9.17, 15) is 13.5 Å². The van der Waals surface area contributed by atoms with Crippen LogP contribution in [0.1, 0.15) is 0 Å². The van der Waals surface area contributed by atoms with E-state index >= 15 is 0 Å². The number of hydrogen-bond donors (Lipinski definition) is 1. The molecule has 0 aliphatic heterocycles. The smallest absolute Gasteiger partial charge is 0.206 e. The molecule has 3 aromatic carbocycles. The predicted molar refractivity (Wildman–Crippen MR) is 99.0 cm³/mol. The number of hydrogen-bond acceptors (Lipinski definition) is 6. The summed E-state index contributed by atoms with van der Waals surface area (Å²) in [5, 5.41) is 18.7. The van der Waals surface area contributed by atoms with Crippen LogP contribution < -0.4 is 4.74 Å². The Hall–Kier alpha value is -3.39. The average Bonchev–Trinajstić information content (AvgIpc) is 3.12. The van der Waals surface area contributed by atoms with Gasteiger partial charge in [0.2, 0.25) is 9.84 Å². The average molecular weight is 381 g/mol. The Bertz CT molecular complexity index is 1230. The predicted octanol–water partition coefficient (Wildman–Crippen LogP) is 2.97. The summed E-state index contributed by atoms with van der Waals surface area (Å²) in [5.74, 6) is 0.518. The molecule has 0 atom stereocenters. The van der Waals surface area contributed by atoms with E-state index in [1.807, 2.05) is 0 Å². The summed E-state index contributed by atoms with van der Waals surface area (Å²) in [6, 6.07) is 17.4. The number of fused-ring (bicyclic) bond motifs is 1. The van der Waals surface area contributed by atoms with Gasteiger partial charge in [0, 0.05) is 6.07 Å². The van der Waals surface area contributed by atoms with Crippen LogP contribution in [-0.2, 0) is 9.84 Å². The summed E-state index contributed by atoms with van der Waals surface area (Å²) in [5.41, 5.74) is 1.23. The minimum Gasteiger partial charge on any atom is -0.506 e. The summed E-state index contributed by atoms with van der Waals surface area (Å²) in [7, 11) is -2.13. The molecule has 1 heterocycles. The Balaban J connectivity index is 1.82. The van der Waals surface area contributed by atoms with Crippen LogP contribution >= 0.6 is 0 Å². The van der Waals surface area contributed by atoms with Gasteiger partial charge < -0.3 is 9.84 Å². The van der Waals surface area contributed by atoms with Gasteiger partial charge in [-0.05, 0) is 42.5 Å². The quantitative estimate of drug-likeness (QED) is 0.584. The van der Waals surface area contributed by atoms with Crippen molar-refractivity contribution in [2.45, 2.75) is 9.79 Å². The number of ether oxygens (including phenoxy) is 1. The lowest BCUT2D eigenvalue weighted by Gasteiger charge is -2.05. The van der Waals surface area contributed by atoms with Crippen molar-refractivity contribution in [2.75, 3.05) is 7.11 Å². The van der Waals surface area contributed by atoms with Gasteiger partial charge in [0.1, 0.15) is 28.2 Å². The summed E-state index contributed by atoms with van der Waals surface area (Å²) in [6.07, 6.45) is 0. The van der Waals surface area contributed by atoms with Gasteiger partial charge in [-0.15, -0.1) is 15.0 Å². The molecule has 136 valence electrons. The highest BCUT2D eigenvalue weighted by Gasteiger charge is 2.19. The van der Waals surface area contributed by atoms with Crippen molar-refractivity contribution in [2.24, 2.45) is 0 Å². The number of nitrogens with zero attached hydrogens (tertiary/aromatic N) is 3. The molecule has 0 spiro atoms. The second-order valence-electron chi connectivity index (χ2n) is 5.81. The molecule has 0 bridgehead atoms. The lowest BCUT2D eigenvalue weighted by molar-refractivity contribution is 0.411. The first kappa shape index (κ1) is 17.0. The van der Waals surface area contributed by atoms with Crippen molar-refractivity contribution in [1.82, 2.24) is 15.0 Å². The van der Waals surface area contributed by atoms with Gasteiger partial charge in [0.05, 0.1) is 16.9 Å². The van der Waals surface area contributed by atoms with Gasteiger partial charge in [-0.25, -0.2) is 8.42 Å². The van der Waals surface area contributed by atoms with Crippen molar-refractivity contribution in [3.63, 3.8) is 0 Å². The molecule has 4 rings (SSSR count). The summed E-state index contributed by atoms with van der Waals surface area (Å²) < 4.78 is 30.7. The molecule has 4 aromatic rings. The van der Waals surface area contributed by atoms with Crippen LogP contribution in [0.2, 0.25) is 0 Å². The summed E-state index contributed by atoms with van der Waals surface area (Å²) in [4.78, 5) is 1.59. The van der Waals surface area contributed by atoms with Gasteiger partial charge in [0.25, 0.3) is 0 Å². The highest BCUT2D eigenvalue weighted by molar-refractivity contribution is 7.91. The number of rotatable bonds is 4. The van der Waals surface area contributed by atoms with Gasteiger partial charge >= 0.3 is 0 Å². The molecule has 7 nitrogen and oxygen atoms in total. The Morgan fingerprint density at radius 1 is 0.889 bits per heavy atom. The van der Waals surface area contributed by atoms with Crippen molar-refractivity contribution < 1.29 is 18.3 Å². The van der Waals surface area contributed by atoms with Crippen LogP contribution in [0.3, 0.4) is 0 Å². The Morgan fingerprint density at radius 3 is 2.37 bits per heavy atom. The van der Waals surface area contributed by atoms with E-state index in [0.29, 0.717) is 22.5 Å². The molecule has 0 aliphatic rings. The van der Waals surface area contributed by atoms with E-state index in [-0.39, 0.29) is 15.5 Å². The van der Waals surface area contributed by atoms with Crippen LogP contribution in [0.25, 0.3) is 16.7 Å². The first-order valence-electron chi connectivity index (χ1n) is 8.04. The number of aromatic nitrogens is 3. The number of sulfone groups is 1. The van der Waals surface area contributed by atoms with E-state index in [0.717, 1.165) is 0 Å². The topological polar surface area (TPSA) is 94.3 Å². The molecular formula is C19H15N3O4S. The largest absolute Gasteiger partial charge is 0.506 e. The first-order chi connectivity index (χ1) is 13.0. The van der Waals surface area contributed by atoms with Crippen molar-refractivity contribution in [3.05, 3.63) is 66.7 Å². The SMILES string of the molecule is COc1ccc(O)c(-n2nc3ccc(S(=O)(=O)c4ccccc4)cc3n2)c1. The molecule has 1 aromatic heterocycles. The van der Waals surface area contributed by atoms with Crippen molar-refractivity contribution in [3.8, 4) is 17.2 Å². The minimum absolute atomic E-state index is 0.0202. The zero-order valence-corrected chi connectivity index (χ0v) is 15.1. The summed E-state index contributed by atoms with van der Waals surface area (Å²) in [6.45, 7) is 0. The zero-order chi connectivity index (χ0) is 19.0. The van der Waals surface area contributed by atoms with Crippen molar-refractivity contribution in [1.29, 1.82) is 0 Å². The molecule has 1 N–H and O–H groups in total. The Morgan fingerprint density at radius 2 is 1.63 bits per heavy atom. The van der Waals surface area contributed by atoms with Crippen LogP contribution in [0.15, 0.2) is 76.5 Å². The third kappa shape index (κ3) is 3.00. The molecule has 8 heteroatoms. The highest BCUT2D eigenvalue weighted by Crippen LogP contribution is 2.28. The molecule has 0 amide bonds. The second kappa shape index (κ2) is 6.40. The molecule has 27 heavy (non-hydrogen) atoms. The highest BCUT2D eigenvalue weighted by atomic mass is 32.2. The van der Waals surface area contributed by atoms with Gasteiger partial charge in [-0.1, -0.05) is 18.2 Å². The van der Waals surface area contributed by atoms with Crippen LogP contribution in [0.5, 0.6) is 11.5 Å². The zero-order valence-electron chi connectivity index (χ0n) is 14.3. The molecule has 0 saturated heterocycles. The standard InChI is InChI=1S/C19H15N3O4S/c1-26-13-7-10-19(23)18(11-13)22-20-16-9-8-15(12-17(16)21-22)27(24,25)14-5-3-2-4-6-14/h2-12,23H,1H3. The van der Waals surface area contributed by atoms with E-state index in [2.05, 4.69) is 10.2 Å². The molecule has 0 unspecified atom stereocenters. The maximum Gasteiger partial charge on any atom is 0.206 e. The van der Waals surface area contributed by atoms with Crippen LogP contribution in [0, 0.1) is 0 Å². The normalized spacial score (nSPS) is 11.6. The maximum atomic E-state index is 12.8. The number of benzene rings is 3. The molecule has 0 aliphatic carbocycles. The second-order valence-corrected chi connectivity index (χ2v) is 7.76. The van der Waals surface area contributed by atoms with E-state index in [4.69, 9.17) is 4.74 Å². The number of phenolic OH excluding ortho intramolecular Hbond substituents is 1. The first-order valence-corrected chi connectivity index (χ1v) is 9.52. The molecular weight excluding hydrogens is 366 g/mol. The summed E-state index contributed by atoms with van der Waals surface area (Å²) >= 11 is 0. The van der Waals surface area contributed by atoms with Crippen LogP contribution in [0.4, 0.5) is 0 Å². The lowest BCUT2D eigenvalue weighted by atomic mass is 10.3. The van der Waals surface area contributed by atoms with E-state index < -0.39 is 9.84 Å². The van der Waals surface area contributed by atoms with E-state index in [1.165, 1.54) is 30.1 Å². The Kier molecular flexibility index (Phi) is 4.04. The fraction of sp³-hybridized carbons (Fsp3) is 0.0526. The van der Waals surface area contributed by atoms with Crippen LogP contribution in [-0.4, -0.2) is 35.6 Å². The number of aromatic hydroxyl groups is 1. The number of methoxy groups -OCH3 is 1. The molecule has 0 saturated carbocycles. The molecule has 0 fully saturated rings. The molecule has 0 radical (unpaired) electrons. The fourth-order valence-corrected chi connectivity index (χ4v) is 4.00. The van der Waals surface area contributed by atoms with Crippen molar-refractivity contribution >= 4 is 20.9 Å². The Labute approximate surface area is 155 Å². The third-order valence-corrected chi connectivity index (χ3v) is 5.88. The van der Waals surface area contributed by atoms with Gasteiger partial charge in [0.15, 0.2) is 0 Å². The maximum absolute atomic E-state index is 12.8. The van der Waals surface area contributed by atoms with Gasteiger partial charge in [-0.3, -0.25) is 0 Å². The minimum atomic E-state index is -3.65.